The summed E-state index contributed by atoms with van der Waals surface area (Å²) in [6.07, 6.45) is -3.94. The number of ether oxygens (including phenoxy) is 1. The molecule has 0 radical (unpaired) electrons. The van der Waals surface area contributed by atoms with Crippen molar-refractivity contribution in [3.05, 3.63) is 59.7 Å². The molecular weight excluding hydrogens is 253 g/mol. The first kappa shape index (κ1) is 13.5. The summed E-state index contributed by atoms with van der Waals surface area (Å²) in [4.78, 5) is 0. The van der Waals surface area contributed by atoms with E-state index in [-0.39, 0.29) is 5.75 Å². The molecule has 0 bridgehead atoms. The van der Waals surface area contributed by atoms with E-state index in [4.69, 9.17) is 4.74 Å². The SMILES string of the molecule is CCc1cccc(C(F)(F)F)c1Oc1ccccc1. The van der Waals surface area contributed by atoms with Gasteiger partial charge in [-0.15, -0.1) is 0 Å². The maximum atomic E-state index is 13.0. The predicted octanol–water partition coefficient (Wildman–Crippen LogP) is 5.06. The second kappa shape index (κ2) is 5.34. The third kappa shape index (κ3) is 3.08. The molecule has 0 fully saturated rings. The third-order valence-corrected chi connectivity index (χ3v) is 2.75. The number of alkyl halides is 3. The van der Waals surface area contributed by atoms with Crippen molar-refractivity contribution < 1.29 is 17.9 Å². The van der Waals surface area contributed by atoms with E-state index in [0.717, 1.165) is 6.07 Å². The van der Waals surface area contributed by atoms with Gasteiger partial charge in [-0.1, -0.05) is 37.3 Å². The molecule has 0 atom stereocenters. The van der Waals surface area contributed by atoms with Crippen LogP contribution in [-0.4, -0.2) is 0 Å². The topological polar surface area (TPSA) is 9.23 Å². The van der Waals surface area contributed by atoms with Gasteiger partial charge in [0, 0.05) is 0 Å². The molecular formula is C15H13F3O. The smallest absolute Gasteiger partial charge is 0.419 e. The average Bonchev–Trinajstić information content (AvgIpc) is 2.39. The zero-order valence-electron chi connectivity index (χ0n) is 10.4. The second-order valence-corrected chi connectivity index (χ2v) is 4.06. The number of hydrogen-bond acceptors (Lipinski definition) is 1. The van der Waals surface area contributed by atoms with Crippen LogP contribution in [0, 0.1) is 0 Å². The molecule has 4 heteroatoms. The maximum absolute atomic E-state index is 13.0. The van der Waals surface area contributed by atoms with E-state index in [1.54, 1.807) is 43.3 Å². The fourth-order valence-electron chi connectivity index (χ4n) is 1.81. The molecule has 19 heavy (non-hydrogen) atoms. The van der Waals surface area contributed by atoms with Gasteiger partial charge in [-0.3, -0.25) is 0 Å². The van der Waals surface area contributed by atoms with Crippen LogP contribution in [0.25, 0.3) is 0 Å². The van der Waals surface area contributed by atoms with Crippen molar-refractivity contribution in [3.8, 4) is 11.5 Å². The molecule has 0 aliphatic heterocycles. The van der Waals surface area contributed by atoms with Crippen molar-refractivity contribution in [2.45, 2.75) is 19.5 Å². The Morgan fingerprint density at radius 1 is 0.947 bits per heavy atom. The van der Waals surface area contributed by atoms with Crippen LogP contribution < -0.4 is 4.74 Å². The van der Waals surface area contributed by atoms with Gasteiger partial charge in [0.05, 0.1) is 5.56 Å². The first-order valence-electron chi connectivity index (χ1n) is 5.94. The van der Waals surface area contributed by atoms with Crippen LogP contribution in [0.1, 0.15) is 18.1 Å². The number of para-hydroxylation sites is 2. The largest absolute Gasteiger partial charge is 0.456 e. The van der Waals surface area contributed by atoms with Gasteiger partial charge in [0.25, 0.3) is 0 Å². The van der Waals surface area contributed by atoms with Gasteiger partial charge in [-0.2, -0.15) is 13.2 Å². The normalized spacial score (nSPS) is 11.4. The van der Waals surface area contributed by atoms with E-state index in [9.17, 15) is 13.2 Å². The Balaban J connectivity index is 2.48. The Morgan fingerprint density at radius 2 is 1.63 bits per heavy atom. The number of benzene rings is 2. The van der Waals surface area contributed by atoms with E-state index < -0.39 is 11.7 Å². The van der Waals surface area contributed by atoms with E-state index >= 15 is 0 Å². The summed E-state index contributed by atoms with van der Waals surface area (Å²) in [5.41, 5.74) is -0.200. The summed E-state index contributed by atoms with van der Waals surface area (Å²) in [6, 6.07) is 12.6. The molecule has 100 valence electrons. The molecule has 0 amide bonds. The lowest BCUT2D eigenvalue weighted by Gasteiger charge is -2.16. The Morgan fingerprint density at radius 3 is 2.21 bits per heavy atom. The fraction of sp³-hybridized carbons (Fsp3) is 0.200. The molecule has 0 N–H and O–H groups in total. The van der Waals surface area contributed by atoms with Crippen LogP contribution >= 0.6 is 0 Å². The van der Waals surface area contributed by atoms with E-state index in [1.165, 1.54) is 6.07 Å². The first-order chi connectivity index (χ1) is 9.02. The molecule has 1 nitrogen and oxygen atoms in total. The van der Waals surface area contributed by atoms with Crippen LogP contribution in [0.3, 0.4) is 0 Å². The Hall–Kier alpha value is -1.97. The molecule has 0 saturated heterocycles. The van der Waals surface area contributed by atoms with Crippen LogP contribution in [0.4, 0.5) is 13.2 Å². The van der Waals surface area contributed by atoms with Crippen molar-refractivity contribution in [3.63, 3.8) is 0 Å². The van der Waals surface area contributed by atoms with Gasteiger partial charge in [0.15, 0.2) is 0 Å². The van der Waals surface area contributed by atoms with Gasteiger partial charge >= 0.3 is 6.18 Å². The Kier molecular flexibility index (Phi) is 3.79. The molecule has 0 aromatic heterocycles. The van der Waals surface area contributed by atoms with E-state index in [1.807, 2.05) is 0 Å². The standard InChI is InChI=1S/C15H13F3O/c1-2-11-7-6-10-13(15(16,17)18)14(11)19-12-8-4-3-5-9-12/h3-10H,2H2,1H3. The molecule has 0 unspecified atom stereocenters. The van der Waals surface area contributed by atoms with E-state index in [0.29, 0.717) is 17.7 Å². The minimum atomic E-state index is -4.42. The quantitative estimate of drug-likeness (QED) is 0.754. The maximum Gasteiger partial charge on any atom is 0.419 e. The minimum absolute atomic E-state index is 0.108. The highest BCUT2D eigenvalue weighted by Gasteiger charge is 2.35. The zero-order chi connectivity index (χ0) is 13.9. The molecule has 2 rings (SSSR count). The monoisotopic (exact) mass is 266 g/mol. The number of hydrogen-bond donors (Lipinski definition) is 0. The Bertz CT molecular complexity index is 547. The fourth-order valence-corrected chi connectivity index (χ4v) is 1.81. The van der Waals surface area contributed by atoms with Crippen molar-refractivity contribution >= 4 is 0 Å². The predicted molar refractivity (Wildman–Crippen MR) is 67.3 cm³/mol. The molecule has 2 aromatic carbocycles. The Labute approximate surface area is 109 Å². The summed E-state index contributed by atoms with van der Waals surface area (Å²) in [7, 11) is 0. The van der Waals surface area contributed by atoms with Gasteiger partial charge < -0.3 is 4.74 Å². The molecule has 0 saturated carbocycles. The van der Waals surface area contributed by atoms with Gasteiger partial charge in [-0.25, -0.2) is 0 Å². The van der Waals surface area contributed by atoms with Crippen molar-refractivity contribution in [1.82, 2.24) is 0 Å². The molecule has 0 aliphatic rings. The highest BCUT2D eigenvalue weighted by Crippen LogP contribution is 2.40. The van der Waals surface area contributed by atoms with Crippen LogP contribution in [0.15, 0.2) is 48.5 Å². The highest BCUT2D eigenvalue weighted by atomic mass is 19.4. The minimum Gasteiger partial charge on any atom is -0.456 e. The lowest BCUT2D eigenvalue weighted by molar-refractivity contribution is -0.138. The van der Waals surface area contributed by atoms with Gasteiger partial charge in [-0.05, 0) is 30.2 Å². The summed E-state index contributed by atoms with van der Waals surface area (Å²) < 4.78 is 44.4. The van der Waals surface area contributed by atoms with Crippen molar-refractivity contribution in [2.75, 3.05) is 0 Å². The van der Waals surface area contributed by atoms with E-state index in [2.05, 4.69) is 0 Å². The molecule has 2 aromatic rings. The molecule has 0 spiro atoms. The number of rotatable bonds is 3. The summed E-state index contributed by atoms with van der Waals surface area (Å²) in [5, 5.41) is 0. The van der Waals surface area contributed by atoms with Gasteiger partial charge in [0.1, 0.15) is 11.5 Å². The number of aryl methyl sites for hydroxylation is 1. The third-order valence-electron chi connectivity index (χ3n) is 2.75. The van der Waals surface area contributed by atoms with Gasteiger partial charge in [0.2, 0.25) is 0 Å². The molecule has 0 aliphatic carbocycles. The highest BCUT2D eigenvalue weighted by molar-refractivity contribution is 5.46. The zero-order valence-corrected chi connectivity index (χ0v) is 10.4. The number of halogens is 3. The van der Waals surface area contributed by atoms with Crippen molar-refractivity contribution in [1.29, 1.82) is 0 Å². The van der Waals surface area contributed by atoms with Crippen LogP contribution in [0.5, 0.6) is 11.5 Å². The summed E-state index contributed by atoms with van der Waals surface area (Å²) in [5.74, 6) is 0.289. The summed E-state index contributed by atoms with van der Waals surface area (Å²) in [6.45, 7) is 1.80. The van der Waals surface area contributed by atoms with Crippen LogP contribution in [-0.2, 0) is 12.6 Å². The summed E-state index contributed by atoms with van der Waals surface area (Å²) >= 11 is 0. The first-order valence-corrected chi connectivity index (χ1v) is 5.94. The lowest BCUT2D eigenvalue weighted by Crippen LogP contribution is -2.08. The lowest BCUT2D eigenvalue weighted by atomic mass is 10.1. The molecule has 0 heterocycles. The second-order valence-electron chi connectivity index (χ2n) is 4.06. The average molecular weight is 266 g/mol. The van der Waals surface area contributed by atoms with Crippen molar-refractivity contribution in [2.24, 2.45) is 0 Å². The van der Waals surface area contributed by atoms with Crippen LogP contribution in [0.2, 0.25) is 0 Å².